The van der Waals surface area contributed by atoms with Crippen LogP contribution in [0, 0.1) is 0 Å². The molecule has 0 spiro atoms. The predicted octanol–water partition coefficient (Wildman–Crippen LogP) is 0.325. The van der Waals surface area contributed by atoms with E-state index in [4.69, 9.17) is 11.6 Å². The van der Waals surface area contributed by atoms with Gasteiger partial charge in [-0.25, -0.2) is 9.88 Å². The fraction of sp³-hybridized carbons (Fsp3) is 0.222. The van der Waals surface area contributed by atoms with Gasteiger partial charge >= 0.3 is 11.6 Å². The molecule has 0 radical (unpaired) electrons. The van der Waals surface area contributed by atoms with Crippen molar-refractivity contribution in [2.75, 3.05) is 4.90 Å². The minimum absolute atomic E-state index is 0.0432. The van der Waals surface area contributed by atoms with Crippen molar-refractivity contribution in [1.82, 2.24) is 15.0 Å². The molecule has 0 fully saturated rings. The molecule has 0 unspecified atom stereocenters. The Bertz CT molecular complexity index is 594. The number of imide groups is 1. The molecule has 17 heavy (non-hydrogen) atoms. The number of nitrogens with zero attached hydrogens (tertiary/aromatic N) is 3. The molecule has 2 amide bonds. The number of amides is 2. The van der Waals surface area contributed by atoms with Gasteiger partial charge in [0.15, 0.2) is 11.5 Å². The summed E-state index contributed by atoms with van der Waals surface area (Å²) >= 11 is 5.91. The highest BCUT2D eigenvalue weighted by molar-refractivity contribution is 6.33. The molecule has 0 saturated carbocycles. The Balaban J connectivity index is 2.61. The topological polar surface area (TPSA) is 93.1 Å². The van der Waals surface area contributed by atoms with Crippen LogP contribution in [0.1, 0.15) is 13.8 Å². The summed E-state index contributed by atoms with van der Waals surface area (Å²) in [4.78, 5) is 37.1. The first kappa shape index (κ1) is 11.5. The molecule has 2 aromatic rings. The normalized spacial score (nSPS) is 10.5. The zero-order valence-electron chi connectivity index (χ0n) is 9.11. The maximum atomic E-state index is 11.3. The van der Waals surface area contributed by atoms with Crippen molar-refractivity contribution in [3.8, 4) is 0 Å². The van der Waals surface area contributed by atoms with Crippen molar-refractivity contribution in [2.45, 2.75) is 13.8 Å². The number of aromatic amines is 2. The molecule has 0 saturated heterocycles. The van der Waals surface area contributed by atoms with Crippen LogP contribution in [-0.2, 0) is 9.59 Å². The number of fused-ring (bicyclic) bond motifs is 1. The number of nitrogens with one attached hydrogen (secondary N) is 2. The van der Waals surface area contributed by atoms with E-state index in [1.165, 1.54) is 20.2 Å². The lowest BCUT2D eigenvalue weighted by Crippen LogP contribution is -2.34. The summed E-state index contributed by atoms with van der Waals surface area (Å²) in [6, 6.07) is 0. The molecular weight excluding hydrogens is 246 g/mol. The number of aromatic nitrogens is 4. The first-order chi connectivity index (χ1) is 8.00. The van der Waals surface area contributed by atoms with E-state index in [0.717, 1.165) is 4.90 Å². The zero-order chi connectivity index (χ0) is 12.6. The number of rotatable bonds is 1. The van der Waals surface area contributed by atoms with E-state index in [9.17, 15) is 9.59 Å². The van der Waals surface area contributed by atoms with Crippen molar-refractivity contribution in [1.29, 1.82) is 0 Å². The third-order valence-electron chi connectivity index (χ3n) is 2.11. The average molecular weight is 255 g/mol. The lowest BCUT2D eigenvalue weighted by Gasteiger charge is -2.11. The smallest absolute Gasteiger partial charge is 0.274 e. The number of halogens is 1. The monoisotopic (exact) mass is 254 g/mol. The third-order valence-corrected chi connectivity index (χ3v) is 2.38. The standard InChI is InChI=1S/C9H8ClN5O2/c1-4(16)15(5(2)17)9-13-7(10)6-8(14-9)12-3-11-6/h3H,1-2H3,(H,11,12,13,14)/p+1. The molecule has 0 aliphatic carbocycles. The van der Waals surface area contributed by atoms with Crippen molar-refractivity contribution >= 4 is 40.5 Å². The van der Waals surface area contributed by atoms with Gasteiger partial charge in [0.05, 0.1) is 0 Å². The van der Waals surface area contributed by atoms with Gasteiger partial charge in [-0.1, -0.05) is 16.6 Å². The molecule has 2 heterocycles. The lowest BCUT2D eigenvalue weighted by atomic mass is 10.5. The van der Waals surface area contributed by atoms with Gasteiger partial charge in [-0.3, -0.25) is 14.6 Å². The van der Waals surface area contributed by atoms with Crippen molar-refractivity contribution in [3.63, 3.8) is 0 Å². The fourth-order valence-electron chi connectivity index (χ4n) is 1.43. The Morgan fingerprint density at radius 3 is 2.59 bits per heavy atom. The van der Waals surface area contributed by atoms with Crippen LogP contribution < -0.4 is 9.88 Å². The summed E-state index contributed by atoms with van der Waals surface area (Å²) in [5.41, 5.74) is 0.940. The van der Waals surface area contributed by atoms with Gasteiger partial charge in [0.2, 0.25) is 17.3 Å². The summed E-state index contributed by atoms with van der Waals surface area (Å²) in [5, 5.41) is 0.138. The van der Waals surface area contributed by atoms with Crippen LogP contribution in [0.2, 0.25) is 5.15 Å². The first-order valence-electron chi connectivity index (χ1n) is 4.74. The van der Waals surface area contributed by atoms with Gasteiger partial charge in [-0.05, 0) is 0 Å². The Morgan fingerprint density at radius 1 is 1.35 bits per heavy atom. The maximum absolute atomic E-state index is 11.3. The third kappa shape index (κ3) is 1.96. The largest absolute Gasteiger partial charge is 0.318 e. The minimum atomic E-state index is -0.469. The average Bonchev–Trinajstić information content (AvgIpc) is 2.64. The highest BCUT2D eigenvalue weighted by Gasteiger charge is 2.25. The quantitative estimate of drug-likeness (QED) is 0.742. The van der Waals surface area contributed by atoms with Gasteiger partial charge in [-0.2, -0.15) is 4.98 Å². The van der Waals surface area contributed by atoms with E-state index in [2.05, 4.69) is 19.9 Å². The van der Waals surface area contributed by atoms with Crippen LogP contribution in [0.25, 0.3) is 11.2 Å². The van der Waals surface area contributed by atoms with E-state index in [1.807, 2.05) is 0 Å². The van der Waals surface area contributed by atoms with Gasteiger partial charge < -0.3 is 0 Å². The summed E-state index contributed by atoms with van der Waals surface area (Å²) in [5.74, 6) is -0.981. The predicted molar refractivity (Wildman–Crippen MR) is 59.3 cm³/mol. The van der Waals surface area contributed by atoms with Gasteiger partial charge in [-0.15, -0.1) is 0 Å². The second kappa shape index (κ2) is 4.10. The highest BCUT2D eigenvalue weighted by atomic mass is 35.5. The lowest BCUT2D eigenvalue weighted by molar-refractivity contribution is -0.347. The molecule has 0 atom stereocenters. The Labute approximate surface area is 101 Å². The van der Waals surface area contributed by atoms with E-state index in [-0.39, 0.29) is 11.1 Å². The highest BCUT2D eigenvalue weighted by Crippen LogP contribution is 2.19. The summed E-state index contributed by atoms with van der Waals surface area (Å²) in [6.07, 6.45) is 1.53. The molecule has 0 aliphatic rings. The zero-order valence-corrected chi connectivity index (χ0v) is 9.87. The summed E-state index contributed by atoms with van der Waals surface area (Å²) < 4.78 is 0. The van der Waals surface area contributed by atoms with Gasteiger partial charge in [0.25, 0.3) is 0 Å². The molecule has 0 aromatic carbocycles. The minimum Gasteiger partial charge on any atom is -0.274 e. The second-order valence-electron chi connectivity index (χ2n) is 3.34. The van der Waals surface area contributed by atoms with E-state index < -0.39 is 11.8 Å². The van der Waals surface area contributed by atoms with Crippen LogP contribution >= 0.6 is 11.6 Å². The van der Waals surface area contributed by atoms with E-state index in [0.29, 0.717) is 11.2 Å². The molecular formula is C9H9ClN5O2+. The summed E-state index contributed by atoms with van der Waals surface area (Å²) in [7, 11) is 0. The second-order valence-corrected chi connectivity index (χ2v) is 3.70. The molecule has 2 aromatic heterocycles. The Hall–Kier alpha value is -2.02. The van der Waals surface area contributed by atoms with E-state index >= 15 is 0 Å². The number of carbonyl (C=O) groups excluding carboxylic acids is 2. The van der Waals surface area contributed by atoms with E-state index in [1.54, 1.807) is 0 Å². The molecule has 2 rings (SSSR count). The maximum Gasteiger partial charge on any atom is 0.318 e. The van der Waals surface area contributed by atoms with Crippen molar-refractivity contribution in [3.05, 3.63) is 11.5 Å². The number of carbonyl (C=O) groups is 2. The Morgan fingerprint density at radius 2 is 2.00 bits per heavy atom. The van der Waals surface area contributed by atoms with Crippen molar-refractivity contribution < 1.29 is 14.6 Å². The number of H-pyrrole nitrogens is 2. The SMILES string of the molecule is CC(=O)N(C(C)=O)c1nc(Cl)c2[nH]c[nH+]c2n1. The van der Waals surface area contributed by atoms with Crippen LogP contribution in [0.4, 0.5) is 5.95 Å². The molecule has 0 bridgehead atoms. The number of imidazole rings is 1. The molecule has 2 N–H and O–H groups in total. The molecule has 8 heteroatoms. The van der Waals surface area contributed by atoms with Crippen LogP contribution in [-0.4, -0.2) is 26.8 Å². The molecule has 88 valence electrons. The van der Waals surface area contributed by atoms with Gasteiger partial charge in [0.1, 0.15) is 0 Å². The van der Waals surface area contributed by atoms with Gasteiger partial charge in [0, 0.05) is 13.8 Å². The van der Waals surface area contributed by atoms with Crippen LogP contribution in [0.5, 0.6) is 0 Å². The fourth-order valence-corrected chi connectivity index (χ4v) is 1.65. The van der Waals surface area contributed by atoms with Crippen molar-refractivity contribution in [2.24, 2.45) is 0 Å². The van der Waals surface area contributed by atoms with Crippen LogP contribution in [0.3, 0.4) is 0 Å². The number of hydrogen-bond acceptors (Lipinski definition) is 4. The Kier molecular flexibility index (Phi) is 2.76. The first-order valence-corrected chi connectivity index (χ1v) is 5.12. The molecule has 0 aliphatic heterocycles. The van der Waals surface area contributed by atoms with Crippen LogP contribution in [0.15, 0.2) is 6.33 Å². The number of hydrogen-bond donors (Lipinski definition) is 1. The summed E-state index contributed by atoms with van der Waals surface area (Å²) in [6.45, 7) is 2.51. The number of anilines is 1. The molecule has 7 nitrogen and oxygen atoms in total.